The molecular formula is C13H9ClO2. The van der Waals surface area contributed by atoms with Gasteiger partial charge in [-0.2, -0.15) is 0 Å². The number of halogens is 1. The molecule has 2 aliphatic rings. The third kappa shape index (κ3) is 1.34. The average molecular weight is 233 g/mol. The molecule has 0 radical (unpaired) electrons. The SMILES string of the molecule is O=C(c1ccccc1)C12C=CC(Cl)=CC1O2. The summed E-state index contributed by atoms with van der Waals surface area (Å²) in [6.45, 7) is 0. The molecule has 2 nitrogen and oxygen atoms in total. The van der Waals surface area contributed by atoms with E-state index in [1.165, 1.54) is 0 Å². The van der Waals surface area contributed by atoms with Crippen molar-refractivity contribution in [3.63, 3.8) is 0 Å². The quantitative estimate of drug-likeness (QED) is 0.580. The molecule has 1 saturated heterocycles. The molecule has 2 unspecified atom stereocenters. The summed E-state index contributed by atoms with van der Waals surface area (Å²) in [4.78, 5) is 12.2. The van der Waals surface area contributed by atoms with Crippen molar-refractivity contribution in [2.45, 2.75) is 11.7 Å². The average Bonchev–Trinajstić information content (AvgIpc) is 3.04. The highest BCUT2D eigenvalue weighted by Gasteiger charge is 2.60. The van der Waals surface area contributed by atoms with Crippen LogP contribution in [0.25, 0.3) is 0 Å². The van der Waals surface area contributed by atoms with E-state index in [4.69, 9.17) is 16.3 Å². The molecule has 1 fully saturated rings. The lowest BCUT2D eigenvalue weighted by Gasteiger charge is -2.08. The third-order valence-corrected chi connectivity index (χ3v) is 3.13. The Bertz CT molecular complexity index is 504. The molecule has 3 heteroatoms. The van der Waals surface area contributed by atoms with Gasteiger partial charge in [-0.1, -0.05) is 41.9 Å². The van der Waals surface area contributed by atoms with E-state index in [-0.39, 0.29) is 11.9 Å². The first-order valence-corrected chi connectivity index (χ1v) is 5.44. The van der Waals surface area contributed by atoms with Crippen LogP contribution in [0.1, 0.15) is 10.4 Å². The van der Waals surface area contributed by atoms with Crippen LogP contribution in [0.2, 0.25) is 0 Å². The Kier molecular flexibility index (Phi) is 2.03. The summed E-state index contributed by atoms with van der Waals surface area (Å²) < 4.78 is 5.45. The van der Waals surface area contributed by atoms with E-state index >= 15 is 0 Å². The number of ketones is 1. The second kappa shape index (κ2) is 3.30. The predicted molar refractivity (Wildman–Crippen MR) is 61.5 cm³/mol. The van der Waals surface area contributed by atoms with E-state index in [2.05, 4.69) is 0 Å². The first-order chi connectivity index (χ1) is 7.72. The second-order valence-electron chi connectivity index (χ2n) is 3.91. The summed E-state index contributed by atoms with van der Waals surface area (Å²) in [6, 6.07) is 9.16. The van der Waals surface area contributed by atoms with Crippen LogP contribution < -0.4 is 0 Å². The fraction of sp³-hybridized carbons (Fsp3) is 0.154. The minimum atomic E-state index is -0.792. The number of carbonyl (C=O) groups excluding carboxylic acids is 1. The lowest BCUT2D eigenvalue weighted by atomic mass is 9.91. The fourth-order valence-electron chi connectivity index (χ4n) is 1.95. The van der Waals surface area contributed by atoms with Crippen molar-refractivity contribution < 1.29 is 9.53 Å². The van der Waals surface area contributed by atoms with E-state index in [1.807, 2.05) is 18.2 Å². The highest BCUT2D eigenvalue weighted by Crippen LogP contribution is 2.45. The number of rotatable bonds is 2. The maximum Gasteiger partial charge on any atom is 0.201 e. The number of hydrogen-bond donors (Lipinski definition) is 0. The molecule has 1 heterocycles. The smallest absolute Gasteiger partial charge is 0.201 e. The van der Waals surface area contributed by atoms with Crippen molar-refractivity contribution in [3.8, 4) is 0 Å². The molecule has 0 saturated carbocycles. The Morgan fingerprint density at radius 2 is 2.06 bits per heavy atom. The Balaban J connectivity index is 1.92. The summed E-state index contributed by atoms with van der Waals surface area (Å²) in [5, 5.41) is 0.624. The van der Waals surface area contributed by atoms with Crippen LogP contribution in [0.15, 0.2) is 53.6 Å². The standard InChI is InChI=1S/C13H9ClO2/c14-10-6-7-13(11(8-10)16-13)12(15)9-4-2-1-3-5-9/h1-8,11H. The number of fused-ring (bicyclic) bond motifs is 1. The topological polar surface area (TPSA) is 29.6 Å². The van der Waals surface area contributed by atoms with Crippen LogP contribution in [-0.4, -0.2) is 17.5 Å². The summed E-state index contributed by atoms with van der Waals surface area (Å²) >= 11 is 5.83. The molecule has 1 aliphatic heterocycles. The van der Waals surface area contributed by atoms with E-state index in [0.29, 0.717) is 10.6 Å². The largest absolute Gasteiger partial charge is 0.348 e. The minimum Gasteiger partial charge on any atom is -0.348 e. The number of Topliss-reactive ketones (excluding diaryl/α,β-unsaturated/α-hetero) is 1. The number of benzene rings is 1. The van der Waals surface area contributed by atoms with E-state index in [9.17, 15) is 4.79 Å². The van der Waals surface area contributed by atoms with Gasteiger partial charge in [0, 0.05) is 10.6 Å². The molecule has 0 spiro atoms. The lowest BCUT2D eigenvalue weighted by molar-refractivity contribution is 0.0909. The van der Waals surface area contributed by atoms with Gasteiger partial charge < -0.3 is 4.74 Å². The maximum atomic E-state index is 12.2. The summed E-state index contributed by atoms with van der Waals surface area (Å²) in [7, 11) is 0. The highest BCUT2D eigenvalue weighted by molar-refractivity contribution is 6.31. The molecule has 2 atom stereocenters. The van der Waals surface area contributed by atoms with E-state index < -0.39 is 5.60 Å². The third-order valence-electron chi connectivity index (χ3n) is 2.88. The molecule has 1 aromatic rings. The van der Waals surface area contributed by atoms with Crippen LogP contribution in [0.4, 0.5) is 0 Å². The normalized spacial score (nSPS) is 30.6. The monoisotopic (exact) mass is 232 g/mol. The lowest BCUT2D eigenvalue weighted by Crippen LogP contribution is -2.26. The summed E-state index contributed by atoms with van der Waals surface area (Å²) in [5.41, 5.74) is -0.124. The zero-order valence-electron chi connectivity index (χ0n) is 8.39. The van der Waals surface area contributed by atoms with E-state index in [1.54, 1.807) is 30.4 Å². The molecule has 16 heavy (non-hydrogen) atoms. The van der Waals surface area contributed by atoms with Gasteiger partial charge in [0.1, 0.15) is 6.10 Å². The van der Waals surface area contributed by atoms with Crippen LogP contribution >= 0.6 is 11.6 Å². The molecular weight excluding hydrogens is 224 g/mol. The maximum absolute atomic E-state index is 12.2. The second-order valence-corrected chi connectivity index (χ2v) is 4.35. The first kappa shape index (κ1) is 9.82. The number of epoxide rings is 1. The Labute approximate surface area is 98.2 Å². The number of ether oxygens (including phenoxy) is 1. The molecule has 80 valence electrons. The van der Waals surface area contributed by atoms with Crippen molar-refractivity contribution in [2.75, 3.05) is 0 Å². The van der Waals surface area contributed by atoms with Crippen LogP contribution in [-0.2, 0) is 4.74 Å². The van der Waals surface area contributed by atoms with Gasteiger partial charge in [0.2, 0.25) is 5.78 Å². The Morgan fingerprint density at radius 3 is 2.75 bits per heavy atom. The Morgan fingerprint density at radius 1 is 1.31 bits per heavy atom. The van der Waals surface area contributed by atoms with Crippen molar-refractivity contribution in [1.82, 2.24) is 0 Å². The first-order valence-electron chi connectivity index (χ1n) is 5.06. The van der Waals surface area contributed by atoms with Gasteiger partial charge in [0.05, 0.1) is 0 Å². The van der Waals surface area contributed by atoms with Gasteiger partial charge in [0.25, 0.3) is 0 Å². The number of allylic oxidation sites excluding steroid dienone is 2. The molecule has 3 rings (SSSR count). The minimum absolute atomic E-state index is 0.00485. The number of carbonyl (C=O) groups is 1. The summed E-state index contributed by atoms with van der Waals surface area (Å²) in [5.74, 6) is -0.00485. The van der Waals surface area contributed by atoms with Gasteiger partial charge in [0.15, 0.2) is 5.60 Å². The van der Waals surface area contributed by atoms with Crippen LogP contribution in [0.5, 0.6) is 0 Å². The van der Waals surface area contributed by atoms with Crippen LogP contribution in [0, 0.1) is 0 Å². The zero-order valence-corrected chi connectivity index (χ0v) is 9.15. The Hall–Kier alpha value is -1.38. The zero-order chi connectivity index (χ0) is 11.2. The highest BCUT2D eigenvalue weighted by atomic mass is 35.5. The number of hydrogen-bond acceptors (Lipinski definition) is 2. The fourth-order valence-corrected chi connectivity index (χ4v) is 2.12. The van der Waals surface area contributed by atoms with Crippen molar-refractivity contribution in [1.29, 1.82) is 0 Å². The van der Waals surface area contributed by atoms with Crippen molar-refractivity contribution >= 4 is 17.4 Å². The van der Waals surface area contributed by atoms with Gasteiger partial charge in [-0.25, -0.2) is 0 Å². The van der Waals surface area contributed by atoms with Gasteiger partial charge >= 0.3 is 0 Å². The molecule has 1 aliphatic carbocycles. The molecule has 0 N–H and O–H groups in total. The molecule has 0 amide bonds. The summed E-state index contributed by atoms with van der Waals surface area (Å²) in [6.07, 6.45) is 5.03. The van der Waals surface area contributed by atoms with Crippen LogP contribution in [0.3, 0.4) is 0 Å². The molecule has 1 aromatic carbocycles. The predicted octanol–water partition coefficient (Wildman–Crippen LogP) is 2.70. The molecule has 0 aromatic heterocycles. The van der Waals surface area contributed by atoms with Gasteiger partial charge in [-0.3, -0.25) is 4.79 Å². The van der Waals surface area contributed by atoms with Crippen molar-refractivity contribution in [2.24, 2.45) is 0 Å². The van der Waals surface area contributed by atoms with Crippen molar-refractivity contribution in [3.05, 3.63) is 59.2 Å². The molecule has 0 bridgehead atoms. The van der Waals surface area contributed by atoms with Gasteiger partial charge in [-0.15, -0.1) is 0 Å². The van der Waals surface area contributed by atoms with E-state index in [0.717, 1.165) is 0 Å². The van der Waals surface area contributed by atoms with Gasteiger partial charge in [-0.05, 0) is 18.2 Å².